The summed E-state index contributed by atoms with van der Waals surface area (Å²) in [7, 11) is 0. The highest BCUT2D eigenvalue weighted by Gasteiger charge is 2.17. The molecule has 0 spiro atoms. The van der Waals surface area contributed by atoms with Gasteiger partial charge in [0, 0.05) is 17.0 Å². The predicted octanol–water partition coefficient (Wildman–Crippen LogP) is 5.40. The van der Waals surface area contributed by atoms with Crippen LogP contribution >= 0.6 is 0 Å². The average Bonchev–Trinajstić information content (AvgIpc) is 3.19. The fourth-order valence-electron chi connectivity index (χ4n) is 3.51. The maximum atomic E-state index is 13.4. The maximum absolute atomic E-state index is 13.4. The highest BCUT2D eigenvalue weighted by molar-refractivity contribution is 5.93. The summed E-state index contributed by atoms with van der Waals surface area (Å²) in [4.78, 5) is 4.80. The van der Waals surface area contributed by atoms with Crippen LogP contribution in [-0.4, -0.2) is 19.8 Å². The van der Waals surface area contributed by atoms with Gasteiger partial charge in [-0.3, -0.25) is 0 Å². The third-order valence-electron chi connectivity index (χ3n) is 5.09. The Labute approximate surface area is 171 Å². The van der Waals surface area contributed by atoms with Crippen molar-refractivity contribution in [3.63, 3.8) is 0 Å². The molecule has 1 N–H and O–H groups in total. The van der Waals surface area contributed by atoms with Crippen molar-refractivity contribution >= 4 is 22.4 Å². The first-order valence-corrected chi connectivity index (χ1v) is 9.52. The van der Waals surface area contributed by atoms with Crippen LogP contribution < -0.4 is 5.32 Å². The third-order valence-corrected chi connectivity index (χ3v) is 5.09. The molecule has 1 unspecified atom stereocenters. The molecular weight excluding hydrogens is 384 g/mol. The van der Waals surface area contributed by atoms with Crippen LogP contribution in [0.4, 0.5) is 14.6 Å². The Morgan fingerprint density at radius 1 is 0.867 bits per heavy atom. The lowest BCUT2D eigenvalue weighted by Gasteiger charge is -2.17. The van der Waals surface area contributed by atoms with Crippen LogP contribution in [0.15, 0.2) is 72.8 Å². The molecule has 7 heteroatoms. The first-order valence-electron chi connectivity index (χ1n) is 9.52. The van der Waals surface area contributed by atoms with Gasteiger partial charge in [0.1, 0.15) is 23.1 Å². The Morgan fingerprint density at radius 3 is 2.27 bits per heavy atom. The number of aromatic nitrogens is 4. The summed E-state index contributed by atoms with van der Waals surface area (Å²) >= 11 is 0. The van der Waals surface area contributed by atoms with E-state index in [-0.39, 0.29) is 17.7 Å². The zero-order valence-corrected chi connectivity index (χ0v) is 16.1. The normalized spacial score (nSPS) is 12.4. The molecule has 0 aliphatic rings. The first-order chi connectivity index (χ1) is 14.6. The van der Waals surface area contributed by atoms with Crippen LogP contribution in [0.1, 0.15) is 18.5 Å². The lowest BCUT2D eigenvalue weighted by Crippen LogP contribution is -2.10. The first kappa shape index (κ1) is 18.2. The minimum Gasteiger partial charge on any atom is -0.363 e. The molecule has 5 aromatic rings. The summed E-state index contributed by atoms with van der Waals surface area (Å²) in [5.41, 5.74) is 3.64. The molecule has 30 heavy (non-hydrogen) atoms. The molecule has 0 aliphatic heterocycles. The molecule has 1 atom stereocenters. The van der Waals surface area contributed by atoms with Gasteiger partial charge in [0.05, 0.1) is 5.52 Å². The number of hydrogen-bond donors (Lipinski definition) is 1. The van der Waals surface area contributed by atoms with E-state index in [2.05, 4.69) is 15.6 Å². The van der Waals surface area contributed by atoms with Gasteiger partial charge in [0.25, 0.3) is 0 Å². The summed E-state index contributed by atoms with van der Waals surface area (Å²) in [5, 5.41) is 12.9. The summed E-state index contributed by atoms with van der Waals surface area (Å²) in [6.07, 6.45) is 0. The number of rotatable bonds is 4. The molecule has 148 valence electrons. The van der Waals surface area contributed by atoms with Crippen molar-refractivity contribution in [1.29, 1.82) is 0 Å². The van der Waals surface area contributed by atoms with Gasteiger partial charge in [0.15, 0.2) is 5.65 Å². The summed E-state index contributed by atoms with van der Waals surface area (Å²) < 4.78 is 28.3. The highest BCUT2D eigenvalue weighted by atomic mass is 19.1. The standard InChI is InChI=1S/C23H17F2N5/c1-14(15-6-10-17(24)11-7-15)26-22-19-4-2-3-5-20(19)30-23(27-22)21(28-29-30)16-8-12-18(25)13-9-16/h2-14H,1H3,(H,26,27). The van der Waals surface area contributed by atoms with Crippen molar-refractivity contribution < 1.29 is 8.78 Å². The molecule has 0 bridgehead atoms. The minimum absolute atomic E-state index is 0.103. The lowest BCUT2D eigenvalue weighted by atomic mass is 10.1. The average molecular weight is 401 g/mol. The molecule has 2 aromatic heterocycles. The number of halogens is 2. The summed E-state index contributed by atoms with van der Waals surface area (Å²) in [6, 6.07) is 20.1. The number of benzene rings is 3. The molecular formula is C23H17F2N5. The van der Waals surface area contributed by atoms with Gasteiger partial charge in [-0.25, -0.2) is 13.8 Å². The Hall–Kier alpha value is -3.87. The SMILES string of the molecule is CC(Nc1nc2c(-c3ccc(F)cc3)nnn2c2ccccc12)c1ccc(F)cc1. The second-order valence-corrected chi connectivity index (χ2v) is 7.08. The molecule has 0 fully saturated rings. The zero-order valence-electron chi connectivity index (χ0n) is 16.1. The van der Waals surface area contributed by atoms with Gasteiger partial charge in [-0.1, -0.05) is 29.5 Å². The molecule has 5 rings (SSSR count). The molecule has 0 radical (unpaired) electrons. The molecule has 0 saturated heterocycles. The van der Waals surface area contributed by atoms with Gasteiger partial charge >= 0.3 is 0 Å². The second kappa shape index (κ2) is 7.18. The fraction of sp³-hybridized carbons (Fsp3) is 0.0870. The Kier molecular flexibility index (Phi) is 4.35. The topological polar surface area (TPSA) is 55.1 Å². The van der Waals surface area contributed by atoms with E-state index in [4.69, 9.17) is 4.98 Å². The van der Waals surface area contributed by atoms with Crippen molar-refractivity contribution in [3.8, 4) is 11.3 Å². The number of anilines is 1. The lowest BCUT2D eigenvalue weighted by molar-refractivity contribution is 0.626. The van der Waals surface area contributed by atoms with Crippen LogP contribution in [0.3, 0.4) is 0 Å². The van der Waals surface area contributed by atoms with Crippen LogP contribution in [0.5, 0.6) is 0 Å². The number of nitrogens with one attached hydrogen (secondary N) is 1. The van der Waals surface area contributed by atoms with E-state index in [1.807, 2.05) is 31.2 Å². The Morgan fingerprint density at radius 2 is 1.53 bits per heavy atom. The van der Waals surface area contributed by atoms with E-state index in [1.54, 1.807) is 28.8 Å². The molecule has 5 nitrogen and oxygen atoms in total. The summed E-state index contributed by atoms with van der Waals surface area (Å²) in [5.74, 6) is 0.0786. The number of fused-ring (bicyclic) bond motifs is 3. The van der Waals surface area contributed by atoms with Crippen molar-refractivity contribution in [2.45, 2.75) is 13.0 Å². The Bertz CT molecular complexity index is 1340. The van der Waals surface area contributed by atoms with E-state index < -0.39 is 0 Å². The van der Waals surface area contributed by atoms with Gasteiger partial charge in [-0.05, 0) is 61.0 Å². The van der Waals surface area contributed by atoms with Crippen LogP contribution in [0, 0.1) is 11.6 Å². The molecule has 0 aliphatic carbocycles. The van der Waals surface area contributed by atoms with Crippen molar-refractivity contribution in [3.05, 3.63) is 90.0 Å². The largest absolute Gasteiger partial charge is 0.363 e. The molecule has 0 saturated carbocycles. The van der Waals surface area contributed by atoms with E-state index in [0.29, 0.717) is 17.2 Å². The van der Waals surface area contributed by atoms with Crippen molar-refractivity contribution in [2.75, 3.05) is 5.32 Å². The van der Waals surface area contributed by atoms with Crippen molar-refractivity contribution in [1.82, 2.24) is 19.8 Å². The van der Waals surface area contributed by atoms with Crippen LogP contribution in [-0.2, 0) is 0 Å². The fourth-order valence-corrected chi connectivity index (χ4v) is 3.51. The predicted molar refractivity (Wildman–Crippen MR) is 112 cm³/mol. The maximum Gasteiger partial charge on any atom is 0.186 e. The van der Waals surface area contributed by atoms with Gasteiger partial charge in [-0.15, -0.1) is 5.10 Å². The van der Waals surface area contributed by atoms with Crippen LogP contribution in [0.25, 0.3) is 27.8 Å². The number of nitrogens with zero attached hydrogens (tertiary/aromatic N) is 4. The van der Waals surface area contributed by atoms with Gasteiger partial charge < -0.3 is 5.32 Å². The Balaban J connectivity index is 1.65. The van der Waals surface area contributed by atoms with E-state index >= 15 is 0 Å². The molecule has 2 heterocycles. The highest BCUT2D eigenvalue weighted by Crippen LogP contribution is 2.30. The monoisotopic (exact) mass is 401 g/mol. The van der Waals surface area contributed by atoms with Crippen molar-refractivity contribution in [2.24, 2.45) is 0 Å². The van der Waals surface area contributed by atoms with Gasteiger partial charge in [-0.2, -0.15) is 4.52 Å². The van der Waals surface area contributed by atoms with Crippen LogP contribution in [0.2, 0.25) is 0 Å². The van der Waals surface area contributed by atoms with E-state index in [1.165, 1.54) is 24.3 Å². The number of para-hydroxylation sites is 1. The third kappa shape index (κ3) is 3.14. The minimum atomic E-state index is -0.316. The zero-order chi connectivity index (χ0) is 20.7. The van der Waals surface area contributed by atoms with E-state index in [9.17, 15) is 8.78 Å². The second-order valence-electron chi connectivity index (χ2n) is 7.08. The summed E-state index contributed by atoms with van der Waals surface area (Å²) in [6.45, 7) is 1.99. The quantitative estimate of drug-likeness (QED) is 0.438. The number of hydrogen-bond acceptors (Lipinski definition) is 4. The molecule has 3 aromatic carbocycles. The molecule has 0 amide bonds. The van der Waals surface area contributed by atoms with Gasteiger partial charge in [0.2, 0.25) is 0 Å². The smallest absolute Gasteiger partial charge is 0.186 e. The van der Waals surface area contributed by atoms with E-state index in [0.717, 1.165) is 22.0 Å².